The molecule has 0 spiro atoms. The summed E-state index contributed by atoms with van der Waals surface area (Å²) in [6, 6.07) is 3.37. The van der Waals surface area contributed by atoms with E-state index < -0.39 is 15.8 Å². The average Bonchev–Trinajstić information content (AvgIpc) is 2.41. The summed E-state index contributed by atoms with van der Waals surface area (Å²) in [4.78, 5) is -0.166. The monoisotopic (exact) mass is 342 g/mol. The summed E-state index contributed by atoms with van der Waals surface area (Å²) in [5.74, 6) is -0.255. The van der Waals surface area contributed by atoms with Gasteiger partial charge in [-0.15, -0.1) is 12.4 Å². The van der Waals surface area contributed by atoms with Crippen LogP contribution in [0.5, 0.6) is 0 Å². The molecule has 20 heavy (non-hydrogen) atoms. The SMILES string of the molecule is Cl.NCC1CCN(S(=O)(=O)c2cc(F)ccc2Cl)CC1. The molecule has 0 radical (unpaired) electrons. The fraction of sp³-hybridized carbons (Fsp3) is 0.500. The number of hydrogen-bond acceptors (Lipinski definition) is 3. The van der Waals surface area contributed by atoms with E-state index in [1.807, 2.05) is 0 Å². The number of sulfonamides is 1. The highest BCUT2D eigenvalue weighted by atomic mass is 35.5. The molecule has 0 atom stereocenters. The minimum absolute atomic E-state index is 0. The second kappa shape index (κ2) is 7.04. The van der Waals surface area contributed by atoms with E-state index in [9.17, 15) is 12.8 Å². The van der Waals surface area contributed by atoms with Crippen molar-refractivity contribution in [1.82, 2.24) is 4.31 Å². The number of benzene rings is 1. The highest BCUT2D eigenvalue weighted by Crippen LogP contribution is 2.28. The third-order valence-electron chi connectivity index (χ3n) is 3.42. The molecule has 1 aliphatic heterocycles. The van der Waals surface area contributed by atoms with Crippen LogP contribution >= 0.6 is 24.0 Å². The van der Waals surface area contributed by atoms with Gasteiger partial charge in [-0.3, -0.25) is 0 Å². The highest BCUT2D eigenvalue weighted by molar-refractivity contribution is 7.89. The average molecular weight is 343 g/mol. The zero-order valence-electron chi connectivity index (χ0n) is 10.8. The van der Waals surface area contributed by atoms with Gasteiger partial charge in [-0.05, 0) is 43.5 Å². The molecule has 1 fully saturated rings. The molecular formula is C12H17Cl2FN2O2S. The molecule has 1 aromatic carbocycles. The first-order valence-corrected chi connectivity index (χ1v) is 7.92. The van der Waals surface area contributed by atoms with Crippen LogP contribution in [0, 0.1) is 11.7 Å². The first kappa shape index (κ1) is 17.7. The van der Waals surface area contributed by atoms with Gasteiger partial charge in [0.2, 0.25) is 10.0 Å². The Morgan fingerprint density at radius 1 is 1.35 bits per heavy atom. The van der Waals surface area contributed by atoms with Gasteiger partial charge in [0, 0.05) is 13.1 Å². The molecule has 0 aromatic heterocycles. The summed E-state index contributed by atoms with van der Waals surface area (Å²) < 4.78 is 39.3. The summed E-state index contributed by atoms with van der Waals surface area (Å²) in [5.41, 5.74) is 5.57. The molecule has 0 unspecified atom stereocenters. The lowest BCUT2D eigenvalue weighted by atomic mass is 9.99. The van der Waals surface area contributed by atoms with Gasteiger partial charge in [0.05, 0.1) is 5.02 Å². The predicted molar refractivity (Wildman–Crippen MR) is 79.2 cm³/mol. The van der Waals surface area contributed by atoms with E-state index in [-0.39, 0.29) is 22.3 Å². The Kier molecular flexibility index (Phi) is 6.22. The molecule has 1 aliphatic rings. The summed E-state index contributed by atoms with van der Waals surface area (Å²) in [7, 11) is -3.73. The lowest BCUT2D eigenvalue weighted by molar-refractivity contribution is 0.278. The van der Waals surface area contributed by atoms with Crippen molar-refractivity contribution in [2.75, 3.05) is 19.6 Å². The van der Waals surface area contributed by atoms with E-state index in [0.29, 0.717) is 25.6 Å². The largest absolute Gasteiger partial charge is 0.330 e. The minimum Gasteiger partial charge on any atom is -0.330 e. The van der Waals surface area contributed by atoms with Gasteiger partial charge in [0.25, 0.3) is 0 Å². The van der Waals surface area contributed by atoms with Crippen LogP contribution in [0.2, 0.25) is 5.02 Å². The summed E-state index contributed by atoms with van der Waals surface area (Å²) in [6.07, 6.45) is 1.45. The molecule has 2 N–H and O–H groups in total. The van der Waals surface area contributed by atoms with Crippen LogP contribution in [-0.4, -0.2) is 32.4 Å². The second-order valence-electron chi connectivity index (χ2n) is 4.66. The fourth-order valence-corrected chi connectivity index (χ4v) is 4.16. The Balaban J connectivity index is 0.00000200. The maximum absolute atomic E-state index is 13.2. The van der Waals surface area contributed by atoms with Crippen molar-refractivity contribution in [2.24, 2.45) is 11.7 Å². The summed E-state index contributed by atoms with van der Waals surface area (Å²) >= 11 is 5.86. The normalized spacial score (nSPS) is 17.8. The second-order valence-corrected chi connectivity index (χ2v) is 6.97. The molecule has 4 nitrogen and oxygen atoms in total. The van der Waals surface area contributed by atoms with Crippen molar-refractivity contribution >= 4 is 34.0 Å². The Morgan fingerprint density at radius 3 is 2.50 bits per heavy atom. The van der Waals surface area contributed by atoms with E-state index in [2.05, 4.69) is 0 Å². The van der Waals surface area contributed by atoms with Crippen LogP contribution < -0.4 is 5.73 Å². The lowest BCUT2D eigenvalue weighted by Gasteiger charge is -2.30. The fourth-order valence-electron chi connectivity index (χ4n) is 2.20. The highest BCUT2D eigenvalue weighted by Gasteiger charge is 2.30. The number of halogens is 3. The topological polar surface area (TPSA) is 63.4 Å². The number of rotatable bonds is 3. The Bertz CT molecular complexity index is 561. The van der Waals surface area contributed by atoms with Crippen LogP contribution in [0.1, 0.15) is 12.8 Å². The quantitative estimate of drug-likeness (QED) is 0.916. The molecular weight excluding hydrogens is 326 g/mol. The van der Waals surface area contributed by atoms with Gasteiger partial charge in [-0.25, -0.2) is 12.8 Å². The number of hydrogen-bond donors (Lipinski definition) is 1. The van der Waals surface area contributed by atoms with Crippen molar-refractivity contribution in [3.63, 3.8) is 0 Å². The van der Waals surface area contributed by atoms with Gasteiger partial charge in [-0.2, -0.15) is 4.31 Å². The lowest BCUT2D eigenvalue weighted by Crippen LogP contribution is -2.40. The van der Waals surface area contributed by atoms with Gasteiger partial charge < -0.3 is 5.73 Å². The molecule has 1 heterocycles. The van der Waals surface area contributed by atoms with E-state index in [0.717, 1.165) is 25.0 Å². The van der Waals surface area contributed by atoms with E-state index in [4.69, 9.17) is 17.3 Å². The van der Waals surface area contributed by atoms with E-state index in [1.54, 1.807) is 0 Å². The third kappa shape index (κ3) is 3.62. The zero-order chi connectivity index (χ0) is 14.0. The van der Waals surface area contributed by atoms with Crippen LogP contribution in [0.25, 0.3) is 0 Å². The maximum Gasteiger partial charge on any atom is 0.244 e. The molecule has 8 heteroatoms. The summed E-state index contributed by atoms with van der Waals surface area (Å²) in [6.45, 7) is 1.36. The van der Waals surface area contributed by atoms with Gasteiger partial charge in [-0.1, -0.05) is 11.6 Å². The van der Waals surface area contributed by atoms with Crippen molar-refractivity contribution in [3.05, 3.63) is 29.0 Å². The van der Waals surface area contributed by atoms with Gasteiger partial charge in [0.1, 0.15) is 10.7 Å². The van der Waals surface area contributed by atoms with Gasteiger partial charge >= 0.3 is 0 Å². The van der Waals surface area contributed by atoms with Crippen LogP contribution in [-0.2, 0) is 10.0 Å². The van der Waals surface area contributed by atoms with Crippen LogP contribution in [0.4, 0.5) is 4.39 Å². The number of piperidine rings is 1. The van der Waals surface area contributed by atoms with Crippen molar-refractivity contribution in [1.29, 1.82) is 0 Å². The Labute approximate surface area is 129 Å². The zero-order valence-corrected chi connectivity index (χ0v) is 13.1. The minimum atomic E-state index is -3.73. The smallest absolute Gasteiger partial charge is 0.244 e. The van der Waals surface area contributed by atoms with Crippen LogP contribution in [0.15, 0.2) is 23.1 Å². The molecule has 0 aliphatic carbocycles. The Hall–Kier alpha value is -0.400. The molecule has 1 aromatic rings. The Morgan fingerprint density at radius 2 is 1.95 bits per heavy atom. The third-order valence-corrected chi connectivity index (χ3v) is 5.80. The molecule has 0 bridgehead atoms. The first-order valence-electron chi connectivity index (χ1n) is 6.10. The molecule has 114 valence electrons. The molecule has 0 saturated carbocycles. The number of nitrogens with two attached hydrogens (primary N) is 1. The first-order chi connectivity index (χ1) is 8.95. The van der Waals surface area contributed by atoms with E-state index in [1.165, 1.54) is 10.4 Å². The van der Waals surface area contributed by atoms with Crippen molar-refractivity contribution in [2.45, 2.75) is 17.7 Å². The van der Waals surface area contributed by atoms with Crippen molar-refractivity contribution in [3.8, 4) is 0 Å². The summed E-state index contributed by atoms with van der Waals surface area (Å²) in [5, 5.41) is 0.0438. The van der Waals surface area contributed by atoms with Gasteiger partial charge in [0.15, 0.2) is 0 Å². The maximum atomic E-state index is 13.2. The van der Waals surface area contributed by atoms with Crippen LogP contribution in [0.3, 0.4) is 0 Å². The predicted octanol–water partition coefficient (Wildman–Crippen LogP) is 2.26. The van der Waals surface area contributed by atoms with E-state index >= 15 is 0 Å². The molecule has 2 rings (SSSR count). The standard InChI is InChI=1S/C12H16ClFN2O2S.ClH/c13-11-2-1-10(14)7-12(11)19(17,18)16-5-3-9(8-15)4-6-16;/h1-2,7,9H,3-6,8,15H2;1H. The molecule has 1 saturated heterocycles. The van der Waals surface area contributed by atoms with Crippen molar-refractivity contribution < 1.29 is 12.8 Å². The number of nitrogens with zero attached hydrogens (tertiary/aromatic N) is 1. The molecule has 0 amide bonds.